The van der Waals surface area contributed by atoms with Crippen LogP contribution in [0.15, 0.2) is 11.3 Å². The van der Waals surface area contributed by atoms with E-state index in [0.717, 1.165) is 12.8 Å². The molecule has 1 atom stereocenters. The molecule has 0 aromatic rings. The van der Waals surface area contributed by atoms with E-state index in [1.165, 1.54) is 24.5 Å². The molecule has 1 unspecified atom stereocenters. The van der Waals surface area contributed by atoms with Gasteiger partial charge in [-0.15, -0.1) is 0 Å². The number of hydrogen-bond acceptors (Lipinski definition) is 2. The van der Waals surface area contributed by atoms with Crippen LogP contribution in [-0.4, -0.2) is 27.6 Å². The van der Waals surface area contributed by atoms with Gasteiger partial charge in [0.05, 0.1) is 8.07 Å². The number of carbonyl (C=O) groups excluding carboxylic acids is 1. The first kappa shape index (κ1) is 18.6. The van der Waals surface area contributed by atoms with Crippen LogP contribution in [0.4, 0.5) is 0 Å². The quantitative estimate of drug-likeness (QED) is 0.432. The molecule has 0 aliphatic carbocycles. The molecule has 0 aliphatic heterocycles. The van der Waals surface area contributed by atoms with Crippen molar-refractivity contribution in [3.63, 3.8) is 0 Å². The summed E-state index contributed by atoms with van der Waals surface area (Å²) in [4.78, 5) is 12.3. The number of ketones is 1. The van der Waals surface area contributed by atoms with Gasteiger partial charge >= 0.3 is 0 Å². The molecule has 0 saturated carbocycles. The van der Waals surface area contributed by atoms with Crippen molar-refractivity contribution < 1.29 is 9.53 Å². The molecule has 0 fully saturated rings. The molecule has 19 heavy (non-hydrogen) atoms. The van der Waals surface area contributed by atoms with Crippen molar-refractivity contribution in [1.29, 1.82) is 0 Å². The molecule has 0 amide bonds. The van der Waals surface area contributed by atoms with Crippen molar-refractivity contribution >= 4 is 13.9 Å². The average Bonchev–Trinajstić information content (AvgIpc) is 2.31. The van der Waals surface area contributed by atoms with Gasteiger partial charge in [0, 0.05) is 13.0 Å². The minimum absolute atomic E-state index is 0.0912. The number of unbranched alkanes of at least 4 members (excludes halogenated alkanes) is 3. The summed E-state index contributed by atoms with van der Waals surface area (Å²) in [5.41, 5.74) is 0. The van der Waals surface area contributed by atoms with Crippen molar-refractivity contribution in [2.75, 3.05) is 13.7 Å². The lowest BCUT2D eigenvalue weighted by Gasteiger charge is -2.28. The molecule has 0 radical (unpaired) electrons. The molecule has 0 heterocycles. The highest BCUT2D eigenvalue weighted by Crippen LogP contribution is 2.28. The zero-order valence-corrected chi connectivity index (χ0v) is 14.7. The Morgan fingerprint density at radius 2 is 1.84 bits per heavy atom. The molecule has 0 bridgehead atoms. The molecule has 2 nitrogen and oxygen atoms in total. The monoisotopic (exact) mass is 284 g/mol. The van der Waals surface area contributed by atoms with E-state index < -0.39 is 8.07 Å². The topological polar surface area (TPSA) is 26.3 Å². The molecule has 0 aliphatic rings. The Bertz CT molecular complexity index is 290. The Hall–Kier alpha value is -0.413. The second-order valence-electron chi connectivity index (χ2n) is 6.30. The minimum atomic E-state index is -1.43. The fraction of sp³-hybridized carbons (Fsp3) is 0.812. The summed E-state index contributed by atoms with van der Waals surface area (Å²) >= 11 is 0. The number of methoxy groups -OCH3 is 1. The SMILES string of the molecule is C/C=C(/C(CCCCCC)C(=O)COC)[Si](C)(C)C. The van der Waals surface area contributed by atoms with E-state index in [1.54, 1.807) is 7.11 Å². The van der Waals surface area contributed by atoms with Crippen LogP contribution in [0.3, 0.4) is 0 Å². The van der Waals surface area contributed by atoms with Gasteiger partial charge in [-0.3, -0.25) is 4.79 Å². The first-order valence-electron chi connectivity index (χ1n) is 7.56. The Labute approximate surface area is 120 Å². The smallest absolute Gasteiger partial charge is 0.165 e. The molecule has 0 aromatic heterocycles. The van der Waals surface area contributed by atoms with Crippen molar-refractivity contribution in [3.05, 3.63) is 11.3 Å². The predicted octanol–water partition coefficient (Wildman–Crippen LogP) is 4.61. The van der Waals surface area contributed by atoms with Crippen molar-refractivity contribution in [1.82, 2.24) is 0 Å². The van der Waals surface area contributed by atoms with Crippen LogP contribution in [0.25, 0.3) is 0 Å². The normalized spacial score (nSPS) is 14.5. The number of ether oxygens (including phenoxy) is 1. The molecular weight excluding hydrogens is 252 g/mol. The zero-order valence-electron chi connectivity index (χ0n) is 13.7. The van der Waals surface area contributed by atoms with Crippen LogP contribution >= 0.6 is 0 Å². The van der Waals surface area contributed by atoms with Crippen LogP contribution in [-0.2, 0) is 9.53 Å². The lowest BCUT2D eigenvalue weighted by atomic mass is 9.95. The van der Waals surface area contributed by atoms with Crippen molar-refractivity contribution in [2.24, 2.45) is 5.92 Å². The molecule has 0 aromatic carbocycles. The summed E-state index contributed by atoms with van der Waals surface area (Å²) in [6.45, 7) is 11.5. The number of hydrogen-bond donors (Lipinski definition) is 0. The first-order chi connectivity index (χ1) is 8.88. The number of rotatable bonds is 10. The van der Waals surface area contributed by atoms with Gasteiger partial charge in [0.15, 0.2) is 5.78 Å². The van der Waals surface area contributed by atoms with Gasteiger partial charge in [0.1, 0.15) is 6.61 Å². The fourth-order valence-electron chi connectivity index (χ4n) is 2.66. The molecule has 0 saturated heterocycles. The van der Waals surface area contributed by atoms with E-state index in [0.29, 0.717) is 0 Å². The Morgan fingerprint density at radius 1 is 1.21 bits per heavy atom. The third-order valence-electron chi connectivity index (χ3n) is 3.57. The van der Waals surface area contributed by atoms with E-state index in [9.17, 15) is 4.79 Å². The van der Waals surface area contributed by atoms with Gasteiger partial charge in [0.25, 0.3) is 0 Å². The van der Waals surface area contributed by atoms with Crippen LogP contribution < -0.4 is 0 Å². The largest absolute Gasteiger partial charge is 0.377 e. The lowest BCUT2D eigenvalue weighted by Crippen LogP contribution is -2.34. The molecular formula is C16H32O2Si. The maximum Gasteiger partial charge on any atom is 0.165 e. The molecule has 0 rings (SSSR count). The summed E-state index contributed by atoms with van der Waals surface area (Å²) in [7, 11) is 0.182. The van der Waals surface area contributed by atoms with Gasteiger partial charge in [0.2, 0.25) is 0 Å². The second-order valence-corrected chi connectivity index (χ2v) is 11.4. The lowest BCUT2D eigenvalue weighted by molar-refractivity contribution is -0.125. The first-order valence-corrected chi connectivity index (χ1v) is 11.1. The van der Waals surface area contributed by atoms with Crippen LogP contribution in [0.5, 0.6) is 0 Å². The second kappa shape index (κ2) is 9.48. The standard InChI is InChI=1S/C16H32O2Si/c1-7-9-10-11-12-14(15(17)13-18-3)16(8-2)19(4,5)6/h8,14H,7,9-13H2,1-6H3/b16-8-. The Kier molecular flexibility index (Phi) is 9.28. The fourth-order valence-corrected chi connectivity index (χ4v) is 4.88. The average molecular weight is 285 g/mol. The highest BCUT2D eigenvalue weighted by molar-refractivity contribution is 6.83. The van der Waals surface area contributed by atoms with Crippen LogP contribution in [0.1, 0.15) is 46.0 Å². The van der Waals surface area contributed by atoms with E-state index >= 15 is 0 Å². The summed E-state index contributed by atoms with van der Waals surface area (Å²) in [6.07, 6.45) is 8.06. The summed E-state index contributed by atoms with van der Waals surface area (Å²) in [6, 6.07) is 0. The third kappa shape index (κ3) is 7.07. The number of Topliss-reactive ketones (excluding diaryl/α,β-unsaturated/α-hetero) is 1. The summed E-state index contributed by atoms with van der Waals surface area (Å²) in [5, 5.41) is 1.39. The van der Waals surface area contributed by atoms with Gasteiger partial charge < -0.3 is 4.74 Å². The van der Waals surface area contributed by atoms with E-state index in [2.05, 4.69) is 39.6 Å². The zero-order chi connectivity index (χ0) is 14.9. The molecule has 3 heteroatoms. The van der Waals surface area contributed by atoms with E-state index in [1.807, 2.05) is 0 Å². The van der Waals surface area contributed by atoms with E-state index in [4.69, 9.17) is 4.74 Å². The van der Waals surface area contributed by atoms with Crippen molar-refractivity contribution in [2.45, 2.75) is 65.6 Å². The van der Waals surface area contributed by atoms with Gasteiger partial charge in [-0.2, -0.15) is 0 Å². The van der Waals surface area contributed by atoms with Crippen LogP contribution in [0, 0.1) is 5.92 Å². The predicted molar refractivity (Wildman–Crippen MR) is 86.2 cm³/mol. The molecule has 0 spiro atoms. The highest BCUT2D eigenvalue weighted by atomic mass is 28.3. The van der Waals surface area contributed by atoms with Gasteiger partial charge in [-0.05, 0) is 13.3 Å². The Morgan fingerprint density at radius 3 is 2.26 bits per heavy atom. The van der Waals surface area contributed by atoms with Gasteiger partial charge in [-0.25, -0.2) is 0 Å². The number of allylic oxidation sites excluding steroid dienone is 2. The Balaban J connectivity index is 4.80. The van der Waals surface area contributed by atoms with Crippen LogP contribution in [0.2, 0.25) is 19.6 Å². The molecule has 112 valence electrons. The van der Waals surface area contributed by atoms with Crippen molar-refractivity contribution in [3.8, 4) is 0 Å². The summed E-state index contributed by atoms with van der Waals surface area (Å²) < 4.78 is 5.06. The summed E-state index contributed by atoms with van der Waals surface area (Å²) in [5.74, 6) is 0.350. The third-order valence-corrected chi connectivity index (χ3v) is 5.94. The number of carbonyl (C=O) groups is 1. The molecule has 0 N–H and O–H groups in total. The maximum atomic E-state index is 12.3. The maximum absolute atomic E-state index is 12.3. The highest BCUT2D eigenvalue weighted by Gasteiger charge is 2.30. The van der Waals surface area contributed by atoms with E-state index in [-0.39, 0.29) is 18.3 Å². The van der Waals surface area contributed by atoms with Gasteiger partial charge in [-0.1, -0.05) is 63.5 Å². The minimum Gasteiger partial charge on any atom is -0.377 e.